The minimum Gasteiger partial charge on any atom is -0.496 e. The molecule has 0 aromatic heterocycles. The molecule has 0 bridgehead atoms. The van der Waals surface area contributed by atoms with Gasteiger partial charge < -0.3 is 4.74 Å². The first kappa shape index (κ1) is 11.5. The Labute approximate surface area is 89.0 Å². The predicted molar refractivity (Wildman–Crippen MR) is 55.4 cm³/mol. The lowest BCUT2D eigenvalue weighted by Gasteiger charge is -2.06. The van der Waals surface area contributed by atoms with E-state index in [0.29, 0.717) is 5.75 Å². The van der Waals surface area contributed by atoms with Crippen LogP contribution in [0.5, 0.6) is 5.75 Å². The molecule has 4 nitrogen and oxygen atoms in total. The first-order chi connectivity index (χ1) is 7.01. The Hall–Kier alpha value is -1.54. The molecule has 0 aliphatic rings. The summed E-state index contributed by atoms with van der Waals surface area (Å²) in [5.74, 6) is 0.129. The summed E-state index contributed by atoms with van der Waals surface area (Å²) in [6.07, 6.45) is 0. The van der Waals surface area contributed by atoms with Crippen molar-refractivity contribution in [2.75, 3.05) is 12.9 Å². The summed E-state index contributed by atoms with van der Waals surface area (Å²) in [6.45, 7) is 1.75. The van der Waals surface area contributed by atoms with E-state index in [9.17, 15) is 8.42 Å². The van der Waals surface area contributed by atoms with Gasteiger partial charge in [0.25, 0.3) is 0 Å². The van der Waals surface area contributed by atoms with Crippen LogP contribution in [-0.2, 0) is 9.84 Å². The molecule has 0 aliphatic heterocycles. The van der Waals surface area contributed by atoms with Gasteiger partial charge in [-0.25, -0.2) is 8.42 Å². The fourth-order valence-corrected chi connectivity index (χ4v) is 2.18. The Morgan fingerprint density at radius 1 is 1.47 bits per heavy atom. The van der Waals surface area contributed by atoms with Crippen molar-refractivity contribution < 1.29 is 13.2 Å². The van der Waals surface area contributed by atoms with E-state index in [2.05, 4.69) is 0 Å². The summed E-state index contributed by atoms with van der Waals surface area (Å²) in [7, 11) is -1.95. The molecule has 0 spiro atoms. The van der Waals surface area contributed by atoms with Crippen LogP contribution in [-0.4, -0.2) is 21.3 Å². The minimum atomic E-state index is -3.47. The molecule has 0 fully saturated rings. The van der Waals surface area contributed by atoms with Crippen LogP contribution in [0.1, 0.15) is 5.56 Å². The molecule has 80 valence electrons. The molecule has 0 atom stereocenters. The monoisotopic (exact) mass is 225 g/mol. The summed E-state index contributed by atoms with van der Waals surface area (Å²) < 4.78 is 28.1. The Bertz CT molecular complexity index is 500. The van der Waals surface area contributed by atoms with E-state index in [4.69, 9.17) is 10.00 Å². The van der Waals surface area contributed by atoms with E-state index in [1.807, 2.05) is 0 Å². The molecule has 15 heavy (non-hydrogen) atoms. The predicted octanol–water partition coefficient (Wildman–Crippen LogP) is 1.30. The summed E-state index contributed by atoms with van der Waals surface area (Å²) >= 11 is 0. The highest BCUT2D eigenvalue weighted by Gasteiger charge is 2.14. The Kier molecular flexibility index (Phi) is 3.32. The van der Waals surface area contributed by atoms with Crippen LogP contribution < -0.4 is 4.74 Å². The van der Waals surface area contributed by atoms with Gasteiger partial charge >= 0.3 is 0 Å². The maximum absolute atomic E-state index is 11.5. The number of aryl methyl sites for hydroxylation is 1. The second kappa shape index (κ2) is 4.32. The molecule has 1 aromatic carbocycles. The molecular formula is C10H11NO3S. The lowest BCUT2D eigenvalue weighted by Crippen LogP contribution is -2.05. The molecular weight excluding hydrogens is 214 g/mol. The van der Waals surface area contributed by atoms with Crippen LogP contribution in [0.15, 0.2) is 23.1 Å². The van der Waals surface area contributed by atoms with Crippen LogP contribution in [0, 0.1) is 18.3 Å². The van der Waals surface area contributed by atoms with Crippen molar-refractivity contribution in [2.45, 2.75) is 11.8 Å². The zero-order valence-electron chi connectivity index (χ0n) is 8.52. The van der Waals surface area contributed by atoms with Crippen molar-refractivity contribution in [3.8, 4) is 11.8 Å². The highest BCUT2D eigenvalue weighted by atomic mass is 32.2. The van der Waals surface area contributed by atoms with E-state index < -0.39 is 15.6 Å². The Morgan fingerprint density at radius 3 is 2.60 bits per heavy atom. The van der Waals surface area contributed by atoms with Gasteiger partial charge in [0.2, 0.25) is 0 Å². The standard InChI is InChI=1S/C10H11NO3S/c1-8-7-9(3-4-10(8)14-2)15(12,13)6-5-11/h3-4,7H,6H2,1-2H3. The highest BCUT2D eigenvalue weighted by Crippen LogP contribution is 2.21. The van der Waals surface area contributed by atoms with Crippen molar-refractivity contribution in [2.24, 2.45) is 0 Å². The van der Waals surface area contributed by atoms with Gasteiger partial charge in [0.15, 0.2) is 9.84 Å². The second-order valence-corrected chi connectivity index (χ2v) is 5.04. The largest absolute Gasteiger partial charge is 0.496 e. The number of nitriles is 1. The summed E-state index contributed by atoms with van der Waals surface area (Å²) in [6, 6.07) is 6.17. The van der Waals surface area contributed by atoms with Crippen LogP contribution in [0.25, 0.3) is 0 Å². The number of nitrogens with zero attached hydrogens (tertiary/aromatic N) is 1. The number of methoxy groups -OCH3 is 1. The summed E-state index contributed by atoms with van der Waals surface area (Å²) in [5.41, 5.74) is 0.733. The smallest absolute Gasteiger partial charge is 0.191 e. The molecule has 1 rings (SSSR count). The molecule has 0 unspecified atom stereocenters. The fourth-order valence-electron chi connectivity index (χ4n) is 1.21. The molecule has 5 heteroatoms. The first-order valence-corrected chi connectivity index (χ1v) is 5.91. The van der Waals surface area contributed by atoms with Gasteiger partial charge in [-0.2, -0.15) is 5.26 Å². The van der Waals surface area contributed by atoms with Crippen molar-refractivity contribution in [3.05, 3.63) is 23.8 Å². The van der Waals surface area contributed by atoms with E-state index in [-0.39, 0.29) is 4.90 Å². The number of hydrogen-bond acceptors (Lipinski definition) is 4. The van der Waals surface area contributed by atoms with Crippen LogP contribution >= 0.6 is 0 Å². The molecule has 0 amide bonds. The van der Waals surface area contributed by atoms with Crippen LogP contribution in [0.2, 0.25) is 0 Å². The Morgan fingerprint density at radius 2 is 2.13 bits per heavy atom. The van der Waals surface area contributed by atoms with Gasteiger partial charge in [-0.15, -0.1) is 0 Å². The SMILES string of the molecule is COc1ccc(S(=O)(=O)CC#N)cc1C. The van der Waals surface area contributed by atoms with Crippen molar-refractivity contribution in [3.63, 3.8) is 0 Å². The van der Waals surface area contributed by atoms with Gasteiger partial charge in [0, 0.05) is 0 Å². The van der Waals surface area contributed by atoms with Crippen molar-refractivity contribution in [1.82, 2.24) is 0 Å². The quantitative estimate of drug-likeness (QED) is 0.777. The molecule has 0 heterocycles. The molecule has 0 radical (unpaired) electrons. The average Bonchev–Trinajstić information content (AvgIpc) is 2.17. The maximum atomic E-state index is 11.5. The zero-order valence-corrected chi connectivity index (χ0v) is 9.34. The van der Waals surface area contributed by atoms with E-state index in [1.54, 1.807) is 19.1 Å². The molecule has 0 N–H and O–H groups in total. The lowest BCUT2D eigenvalue weighted by atomic mass is 10.2. The molecule has 0 aliphatic carbocycles. The number of rotatable bonds is 3. The van der Waals surface area contributed by atoms with Crippen molar-refractivity contribution in [1.29, 1.82) is 5.26 Å². The number of ether oxygens (including phenoxy) is 1. The van der Waals surface area contributed by atoms with Crippen LogP contribution in [0.3, 0.4) is 0 Å². The lowest BCUT2D eigenvalue weighted by molar-refractivity contribution is 0.411. The van der Waals surface area contributed by atoms with Gasteiger partial charge in [-0.1, -0.05) is 0 Å². The molecule has 1 aromatic rings. The minimum absolute atomic E-state index is 0.155. The van der Waals surface area contributed by atoms with Gasteiger partial charge in [-0.3, -0.25) is 0 Å². The maximum Gasteiger partial charge on any atom is 0.191 e. The number of sulfone groups is 1. The third-order valence-corrected chi connectivity index (χ3v) is 3.46. The number of hydrogen-bond donors (Lipinski definition) is 0. The second-order valence-electron chi connectivity index (χ2n) is 3.05. The average molecular weight is 225 g/mol. The van der Waals surface area contributed by atoms with Crippen molar-refractivity contribution >= 4 is 9.84 Å². The first-order valence-electron chi connectivity index (χ1n) is 4.25. The van der Waals surface area contributed by atoms with E-state index in [1.165, 1.54) is 19.2 Å². The Balaban J connectivity index is 3.20. The number of benzene rings is 1. The summed E-state index contributed by atoms with van der Waals surface area (Å²) in [5, 5.41) is 8.38. The van der Waals surface area contributed by atoms with Gasteiger partial charge in [0.05, 0.1) is 18.1 Å². The molecule has 0 saturated carbocycles. The normalized spacial score (nSPS) is 10.7. The fraction of sp³-hybridized carbons (Fsp3) is 0.300. The van der Waals surface area contributed by atoms with Crippen LogP contribution in [0.4, 0.5) is 0 Å². The van der Waals surface area contributed by atoms with E-state index >= 15 is 0 Å². The topological polar surface area (TPSA) is 67.2 Å². The molecule has 0 saturated heterocycles. The summed E-state index contributed by atoms with van der Waals surface area (Å²) in [4.78, 5) is 0.155. The third-order valence-electron chi connectivity index (χ3n) is 1.98. The van der Waals surface area contributed by atoms with Gasteiger partial charge in [0.1, 0.15) is 11.5 Å². The van der Waals surface area contributed by atoms with Gasteiger partial charge in [-0.05, 0) is 30.7 Å². The zero-order chi connectivity index (χ0) is 11.5. The third kappa shape index (κ3) is 2.48. The van der Waals surface area contributed by atoms with E-state index in [0.717, 1.165) is 5.56 Å². The highest BCUT2D eigenvalue weighted by molar-refractivity contribution is 7.91.